The fraction of sp³-hybridized carbons (Fsp3) is 0.389. The van der Waals surface area contributed by atoms with Crippen LogP contribution in [0.25, 0.3) is 0 Å². The molecule has 2 heterocycles. The first-order chi connectivity index (χ1) is 11.7. The Labute approximate surface area is 140 Å². The summed E-state index contributed by atoms with van der Waals surface area (Å²) >= 11 is 0. The van der Waals surface area contributed by atoms with E-state index in [9.17, 15) is 4.79 Å². The van der Waals surface area contributed by atoms with Gasteiger partial charge in [-0.3, -0.25) is 4.79 Å². The van der Waals surface area contributed by atoms with Gasteiger partial charge < -0.3 is 19.3 Å². The molecule has 0 unspecified atom stereocenters. The molecule has 1 aliphatic heterocycles. The van der Waals surface area contributed by atoms with Gasteiger partial charge in [0.15, 0.2) is 11.5 Å². The number of methoxy groups -OCH3 is 2. The number of H-pyrrole nitrogens is 1. The van der Waals surface area contributed by atoms with Crippen molar-refractivity contribution < 1.29 is 14.3 Å². The normalized spacial score (nSPS) is 15.9. The van der Waals surface area contributed by atoms with Crippen molar-refractivity contribution in [2.45, 2.75) is 18.8 Å². The van der Waals surface area contributed by atoms with Gasteiger partial charge in [0, 0.05) is 25.4 Å². The molecule has 1 aromatic carbocycles. The summed E-state index contributed by atoms with van der Waals surface area (Å²) < 4.78 is 10.7. The molecular formula is C18H22N2O4. The largest absolute Gasteiger partial charge is 0.493 e. The highest BCUT2D eigenvalue weighted by atomic mass is 16.7. The second kappa shape index (κ2) is 7.40. The molecular weight excluding hydrogens is 308 g/mol. The molecule has 1 fully saturated rings. The van der Waals surface area contributed by atoms with Crippen LogP contribution >= 0.6 is 0 Å². The minimum absolute atomic E-state index is 0.0488. The van der Waals surface area contributed by atoms with E-state index >= 15 is 0 Å². The molecule has 0 radical (unpaired) electrons. The molecule has 1 aromatic heterocycles. The van der Waals surface area contributed by atoms with Gasteiger partial charge >= 0.3 is 0 Å². The molecule has 24 heavy (non-hydrogen) atoms. The molecule has 0 aliphatic carbocycles. The highest BCUT2D eigenvalue weighted by Gasteiger charge is 2.23. The number of aromatic nitrogens is 1. The Morgan fingerprint density at radius 3 is 2.50 bits per heavy atom. The molecule has 0 bridgehead atoms. The maximum atomic E-state index is 11.5. The van der Waals surface area contributed by atoms with Crippen molar-refractivity contribution in [1.82, 2.24) is 10.0 Å². The van der Waals surface area contributed by atoms with E-state index in [-0.39, 0.29) is 5.56 Å². The van der Waals surface area contributed by atoms with E-state index in [1.165, 1.54) is 0 Å². The standard InChI is InChI=1S/C18H22N2O4/c1-22-15-4-3-5-16(18(15)23-2)24-20-10-7-13(8-11-20)14-6-9-19-17(21)12-14/h3-6,9,12-13H,7-8,10-11H2,1-2H3,(H,19,21). The lowest BCUT2D eigenvalue weighted by Gasteiger charge is -2.31. The summed E-state index contributed by atoms with van der Waals surface area (Å²) in [6.45, 7) is 1.58. The summed E-state index contributed by atoms with van der Waals surface area (Å²) in [6.07, 6.45) is 3.59. The Kier molecular flexibility index (Phi) is 5.05. The Hall–Kier alpha value is -2.47. The van der Waals surface area contributed by atoms with Crippen molar-refractivity contribution >= 4 is 0 Å². The second-order valence-electron chi connectivity index (χ2n) is 5.77. The van der Waals surface area contributed by atoms with Crippen LogP contribution in [-0.2, 0) is 0 Å². The molecule has 3 rings (SSSR count). The number of hydrogen-bond donors (Lipinski definition) is 1. The number of nitrogens with one attached hydrogen (secondary N) is 1. The smallest absolute Gasteiger partial charge is 0.248 e. The number of piperidine rings is 1. The lowest BCUT2D eigenvalue weighted by molar-refractivity contribution is -0.0773. The summed E-state index contributed by atoms with van der Waals surface area (Å²) in [6, 6.07) is 9.24. The minimum Gasteiger partial charge on any atom is -0.493 e. The van der Waals surface area contributed by atoms with Gasteiger partial charge in [-0.25, -0.2) is 0 Å². The van der Waals surface area contributed by atoms with E-state index < -0.39 is 0 Å². The van der Waals surface area contributed by atoms with Gasteiger partial charge in [-0.05, 0) is 42.5 Å². The van der Waals surface area contributed by atoms with Crippen LogP contribution in [0.4, 0.5) is 0 Å². The third-order valence-corrected chi connectivity index (χ3v) is 4.32. The Balaban J connectivity index is 1.65. The number of para-hydroxylation sites is 1. The SMILES string of the molecule is COc1cccc(ON2CCC(c3cc[nH]c(=O)c3)CC2)c1OC. The Morgan fingerprint density at radius 1 is 1.08 bits per heavy atom. The average Bonchev–Trinajstić information content (AvgIpc) is 2.62. The van der Waals surface area contributed by atoms with Crippen LogP contribution in [0.15, 0.2) is 41.3 Å². The maximum absolute atomic E-state index is 11.5. The molecule has 0 atom stereocenters. The Morgan fingerprint density at radius 2 is 1.83 bits per heavy atom. The fourth-order valence-corrected chi connectivity index (χ4v) is 3.06. The highest BCUT2D eigenvalue weighted by Crippen LogP contribution is 2.37. The Bertz CT molecular complexity index is 736. The van der Waals surface area contributed by atoms with E-state index in [0.29, 0.717) is 23.2 Å². The third kappa shape index (κ3) is 3.54. The molecule has 0 saturated carbocycles. The zero-order valence-electron chi connectivity index (χ0n) is 14.0. The van der Waals surface area contributed by atoms with E-state index in [1.807, 2.05) is 29.3 Å². The average molecular weight is 330 g/mol. The summed E-state index contributed by atoms with van der Waals surface area (Å²) in [7, 11) is 3.21. The first-order valence-electron chi connectivity index (χ1n) is 8.04. The topological polar surface area (TPSA) is 63.8 Å². The van der Waals surface area contributed by atoms with Crippen molar-refractivity contribution in [1.29, 1.82) is 0 Å². The first-order valence-corrected chi connectivity index (χ1v) is 8.04. The van der Waals surface area contributed by atoms with E-state index in [0.717, 1.165) is 31.5 Å². The highest BCUT2D eigenvalue weighted by molar-refractivity contribution is 5.50. The molecule has 128 valence electrons. The van der Waals surface area contributed by atoms with Crippen LogP contribution in [0.1, 0.15) is 24.3 Å². The number of hydrogen-bond acceptors (Lipinski definition) is 5. The van der Waals surface area contributed by atoms with Gasteiger partial charge in [-0.2, -0.15) is 0 Å². The molecule has 1 aliphatic rings. The van der Waals surface area contributed by atoms with Crippen molar-refractivity contribution in [2.75, 3.05) is 27.3 Å². The van der Waals surface area contributed by atoms with E-state index in [2.05, 4.69) is 4.98 Å². The van der Waals surface area contributed by atoms with Crippen molar-refractivity contribution in [3.05, 3.63) is 52.4 Å². The van der Waals surface area contributed by atoms with Crippen LogP contribution in [-0.4, -0.2) is 37.4 Å². The van der Waals surface area contributed by atoms with Gasteiger partial charge in [0.2, 0.25) is 11.3 Å². The van der Waals surface area contributed by atoms with Gasteiger partial charge in [0.05, 0.1) is 14.2 Å². The number of ether oxygens (including phenoxy) is 2. The minimum atomic E-state index is -0.0488. The summed E-state index contributed by atoms with van der Waals surface area (Å²) in [5.41, 5.74) is 1.05. The molecule has 0 spiro atoms. The molecule has 6 nitrogen and oxygen atoms in total. The van der Waals surface area contributed by atoms with Gasteiger partial charge in [-0.1, -0.05) is 6.07 Å². The molecule has 0 amide bonds. The predicted octanol–water partition coefficient (Wildman–Crippen LogP) is 2.57. The zero-order valence-corrected chi connectivity index (χ0v) is 14.0. The number of hydroxylamine groups is 2. The van der Waals surface area contributed by atoms with Crippen LogP contribution in [0.2, 0.25) is 0 Å². The van der Waals surface area contributed by atoms with Crippen LogP contribution in [0, 0.1) is 0 Å². The molecule has 1 N–H and O–H groups in total. The van der Waals surface area contributed by atoms with Crippen LogP contribution in [0.5, 0.6) is 17.2 Å². The predicted molar refractivity (Wildman–Crippen MR) is 90.8 cm³/mol. The van der Waals surface area contributed by atoms with Crippen molar-refractivity contribution in [2.24, 2.45) is 0 Å². The van der Waals surface area contributed by atoms with Crippen LogP contribution < -0.4 is 19.9 Å². The first kappa shape index (κ1) is 16.4. The quantitative estimate of drug-likeness (QED) is 0.913. The van der Waals surface area contributed by atoms with Gasteiger partial charge in [0.25, 0.3) is 0 Å². The van der Waals surface area contributed by atoms with Crippen molar-refractivity contribution in [3.63, 3.8) is 0 Å². The number of aromatic amines is 1. The number of rotatable bonds is 5. The van der Waals surface area contributed by atoms with Crippen LogP contribution in [0.3, 0.4) is 0 Å². The monoisotopic (exact) mass is 330 g/mol. The third-order valence-electron chi connectivity index (χ3n) is 4.32. The lowest BCUT2D eigenvalue weighted by atomic mass is 9.91. The molecule has 1 saturated heterocycles. The van der Waals surface area contributed by atoms with E-state index in [1.54, 1.807) is 26.5 Å². The molecule has 2 aromatic rings. The number of benzene rings is 1. The summed E-state index contributed by atoms with van der Waals surface area (Å²) in [5, 5.41) is 1.93. The number of nitrogens with zero attached hydrogens (tertiary/aromatic N) is 1. The summed E-state index contributed by atoms with van der Waals surface area (Å²) in [4.78, 5) is 20.1. The lowest BCUT2D eigenvalue weighted by Crippen LogP contribution is -2.35. The fourth-order valence-electron chi connectivity index (χ4n) is 3.06. The summed E-state index contributed by atoms with van der Waals surface area (Å²) in [5.74, 6) is 2.27. The van der Waals surface area contributed by atoms with Gasteiger partial charge in [0.1, 0.15) is 0 Å². The second-order valence-corrected chi connectivity index (χ2v) is 5.77. The zero-order chi connectivity index (χ0) is 16.9. The van der Waals surface area contributed by atoms with Crippen molar-refractivity contribution in [3.8, 4) is 17.2 Å². The van der Waals surface area contributed by atoms with Gasteiger partial charge in [-0.15, -0.1) is 5.06 Å². The maximum Gasteiger partial charge on any atom is 0.248 e. The molecule has 6 heteroatoms. The number of pyridine rings is 1. The van der Waals surface area contributed by atoms with E-state index in [4.69, 9.17) is 14.3 Å².